The minimum atomic E-state index is 0.0956. The van der Waals surface area contributed by atoms with Gasteiger partial charge in [0.15, 0.2) is 0 Å². The average molecular weight is 280 g/mol. The summed E-state index contributed by atoms with van der Waals surface area (Å²) in [5.74, 6) is 0.636. The van der Waals surface area contributed by atoms with Crippen molar-refractivity contribution < 1.29 is 0 Å². The molecule has 1 saturated carbocycles. The highest BCUT2D eigenvalue weighted by Crippen LogP contribution is 2.49. The highest BCUT2D eigenvalue weighted by molar-refractivity contribution is 7.11. The van der Waals surface area contributed by atoms with Crippen molar-refractivity contribution in [1.82, 2.24) is 10.3 Å². The Labute approximate surface area is 122 Å². The van der Waals surface area contributed by atoms with E-state index in [1.807, 2.05) is 11.3 Å². The summed E-state index contributed by atoms with van der Waals surface area (Å²) in [4.78, 5) is 6.34. The van der Waals surface area contributed by atoms with E-state index in [1.165, 1.54) is 34.8 Å². The molecule has 19 heavy (non-hydrogen) atoms. The highest BCUT2D eigenvalue weighted by atomic mass is 32.1. The second kappa shape index (κ2) is 5.17. The van der Waals surface area contributed by atoms with Crippen molar-refractivity contribution in [3.05, 3.63) is 15.6 Å². The molecule has 108 valence electrons. The van der Waals surface area contributed by atoms with Crippen molar-refractivity contribution >= 4 is 11.3 Å². The summed E-state index contributed by atoms with van der Waals surface area (Å²) in [6, 6.07) is 0. The maximum atomic E-state index is 4.95. The fraction of sp³-hybridized carbons (Fsp3) is 0.812. The SMILES string of the molecule is CCc1nc(C2(NC)CCC(C)(C)CC2C)sc1C. The van der Waals surface area contributed by atoms with E-state index in [9.17, 15) is 0 Å². The molecule has 1 aliphatic rings. The van der Waals surface area contributed by atoms with Gasteiger partial charge in [-0.2, -0.15) is 0 Å². The zero-order chi connectivity index (χ0) is 14.3. The van der Waals surface area contributed by atoms with E-state index in [2.05, 4.69) is 47.0 Å². The van der Waals surface area contributed by atoms with Crippen LogP contribution in [0.3, 0.4) is 0 Å². The van der Waals surface area contributed by atoms with Gasteiger partial charge in [-0.25, -0.2) is 4.98 Å². The van der Waals surface area contributed by atoms with E-state index in [1.54, 1.807) is 0 Å². The lowest BCUT2D eigenvalue weighted by atomic mass is 9.64. The number of thiazole rings is 1. The molecule has 3 heteroatoms. The number of nitrogens with one attached hydrogen (secondary N) is 1. The first-order valence-corrected chi connectivity index (χ1v) is 8.32. The molecular weight excluding hydrogens is 252 g/mol. The van der Waals surface area contributed by atoms with Gasteiger partial charge in [0.25, 0.3) is 0 Å². The molecule has 1 aromatic heterocycles. The van der Waals surface area contributed by atoms with Crippen molar-refractivity contribution in [1.29, 1.82) is 0 Å². The molecule has 0 aromatic carbocycles. The van der Waals surface area contributed by atoms with Crippen LogP contribution in [0.1, 0.15) is 62.5 Å². The lowest BCUT2D eigenvalue weighted by Gasteiger charge is -2.47. The van der Waals surface area contributed by atoms with E-state index in [0.29, 0.717) is 11.3 Å². The maximum absolute atomic E-state index is 4.95. The Morgan fingerprint density at radius 2 is 2.05 bits per heavy atom. The molecule has 2 unspecified atom stereocenters. The van der Waals surface area contributed by atoms with Gasteiger partial charge in [-0.15, -0.1) is 11.3 Å². The van der Waals surface area contributed by atoms with Gasteiger partial charge in [-0.05, 0) is 51.0 Å². The summed E-state index contributed by atoms with van der Waals surface area (Å²) < 4.78 is 0. The van der Waals surface area contributed by atoms with Crippen LogP contribution >= 0.6 is 11.3 Å². The number of hydrogen-bond acceptors (Lipinski definition) is 3. The first-order valence-electron chi connectivity index (χ1n) is 7.50. The quantitative estimate of drug-likeness (QED) is 0.894. The second-order valence-corrected chi connectivity index (χ2v) is 8.07. The fourth-order valence-electron chi connectivity index (χ4n) is 3.63. The molecule has 1 N–H and O–H groups in total. The van der Waals surface area contributed by atoms with Crippen LogP contribution in [-0.2, 0) is 12.0 Å². The zero-order valence-corrected chi connectivity index (χ0v) is 14.1. The Morgan fingerprint density at radius 1 is 1.37 bits per heavy atom. The molecule has 0 saturated heterocycles. The van der Waals surface area contributed by atoms with Gasteiger partial charge in [-0.1, -0.05) is 27.7 Å². The van der Waals surface area contributed by atoms with Crippen molar-refractivity contribution in [2.75, 3.05) is 7.05 Å². The van der Waals surface area contributed by atoms with Crippen LogP contribution in [0.5, 0.6) is 0 Å². The molecule has 0 radical (unpaired) electrons. The molecule has 1 aliphatic carbocycles. The lowest BCUT2D eigenvalue weighted by molar-refractivity contribution is 0.0774. The van der Waals surface area contributed by atoms with E-state index < -0.39 is 0 Å². The molecule has 1 aromatic rings. The monoisotopic (exact) mass is 280 g/mol. The molecular formula is C16H28N2S. The molecule has 0 aliphatic heterocycles. The largest absolute Gasteiger partial charge is 0.308 e. The van der Waals surface area contributed by atoms with E-state index in [4.69, 9.17) is 4.98 Å². The Kier molecular flexibility index (Phi) is 4.08. The van der Waals surface area contributed by atoms with Crippen LogP contribution in [0, 0.1) is 18.3 Å². The molecule has 2 nitrogen and oxygen atoms in total. The predicted molar refractivity (Wildman–Crippen MR) is 83.8 cm³/mol. The maximum Gasteiger partial charge on any atom is 0.114 e. The second-order valence-electron chi connectivity index (χ2n) is 6.87. The number of nitrogens with zero attached hydrogens (tertiary/aromatic N) is 1. The van der Waals surface area contributed by atoms with Gasteiger partial charge >= 0.3 is 0 Å². The van der Waals surface area contributed by atoms with Gasteiger partial charge < -0.3 is 5.32 Å². The van der Waals surface area contributed by atoms with Crippen LogP contribution in [0.2, 0.25) is 0 Å². The Morgan fingerprint density at radius 3 is 2.53 bits per heavy atom. The number of aryl methyl sites for hydroxylation is 2. The molecule has 1 heterocycles. The normalized spacial score (nSPS) is 30.5. The van der Waals surface area contributed by atoms with E-state index >= 15 is 0 Å². The summed E-state index contributed by atoms with van der Waals surface area (Å²) >= 11 is 1.90. The first-order chi connectivity index (χ1) is 8.84. The summed E-state index contributed by atoms with van der Waals surface area (Å²) in [5.41, 5.74) is 1.85. The number of rotatable bonds is 3. The Balaban J connectivity index is 2.37. The highest BCUT2D eigenvalue weighted by Gasteiger charge is 2.46. The standard InChI is InChI=1S/C16H28N2S/c1-7-13-12(3)19-14(18-13)16(17-6)9-8-15(4,5)10-11(16)2/h11,17H,7-10H2,1-6H3. The fourth-order valence-corrected chi connectivity index (χ4v) is 4.97. The van der Waals surface area contributed by atoms with Gasteiger partial charge in [0, 0.05) is 4.88 Å². The molecule has 2 rings (SSSR count). The van der Waals surface area contributed by atoms with Crippen LogP contribution < -0.4 is 5.32 Å². The zero-order valence-electron chi connectivity index (χ0n) is 13.3. The predicted octanol–water partition coefficient (Wildman–Crippen LogP) is 4.27. The Hall–Kier alpha value is -0.410. The van der Waals surface area contributed by atoms with E-state index in [0.717, 1.165) is 6.42 Å². The molecule has 2 atom stereocenters. The van der Waals surface area contributed by atoms with E-state index in [-0.39, 0.29) is 5.54 Å². The summed E-state index contributed by atoms with van der Waals surface area (Å²) in [6.45, 7) is 11.6. The molecule has 0 amide bonds. The van der Waals surface area contributed by atoms with Crippen molar-refractivity contribution in [2.24, 2.45) is 11.3 Å². The van der Waals surface area contributed by atoms with Gasteiger partial charge in [0.05, 0.1) is 11.2 Å². The van der Waals surface area contributed by atoms with Crippen LogP contribution in [0.25, 0.3) is 0 Å². The summed E-state index contributed by atoms with van der Waals surface area (Å²) in [6.07, 6.45) is 4.79. The third-order valence-corrected chi connectivity index (χ3v) is 6.14. The van der Waals surface area contributed by atoms with Crippen LogP contribution in [0.4, 0.5) is 0 Å². The van der Waals surface area contributed by atoms with Crippen molar-refractivity contribution in [3.8, 4) is 0 Å². The third kappa shape index (κ3) is 2.59. The molecule has 0 bridgehead atoms. The van der Waals surface area contributed by atoms with Crippen molar-refractivity contribution in [3.63, 3.8) is 0 Å². The molecule has 1 fully saturated rings. The van der Waals surface area contributed by atoms with Crippen LogP contribution in [-0.4, -0.2) is 12.0 Å². The van der Waals surface area contributed by atoms with Crippen LogP contribution in [0.15, 0.2) is 0 Å². The van der Waals surface area contributed by atoms with Crippen molar-refractivity contribution in [2.45, 2.75) is 65.8 Å². The molecule has 0 spiro atoms. The summed E-state index contributed by atoms with van der Waals surface area (Å²) in [5, 5.41) is 4.95. The smallest absolute Gasteiger partial charge is 0.114 e. The lowest BCUT2D eigenvalue weighted by Crippen LogP contribution is -2.50. The van der Waals surface area contributed by atoms with Gasteiger partial charge in [0.1, 0.15) is 5.01 Å². The average Bonchev–Trinajstić information content (AvgIpc) is 2.71. The van der Waals surface area contributed by atoms with Gasteiger partial charge in [0.2, 0.25) is 0 Å². The number of hydrogen-bond donors (Lipinski definition) is 1. The van der Waals surface area contributed by atoms with Gasteiger partial charge in [-0.3, -0.25) is 0 Å². The Bertz CT molecular complexity index is 450. The third-order valence-electron chi connectivity index (χ3n) is 4.95. The topological polar surface area (TPSA) is 24.9 Å². The summed E-state index contributed by atoms with van der Waals surface area (Å²) in [7, 11) is 2.11. The minimum Gasteiger partial charge on any atom is -0.308 e. The first kappa shape index (κ1) is 15.0. The minimum absolute atomic E-state index is 0.0956. The number of aromatic nitrogens is 1.